The number of carbonyl (C=O) groups excluding carboxylic acids is 1. The van der Waals surface area contributed by atoms with Gasteiger partial charge in [-0.05, 0) is 0 Å². The lowest BCUT2D eigenvalue weighted by Crippen LogP contribution is -2.70. The number of carbonyl (C=O) groups is 2. The van der Waals surface area contributed by atoms with Crippen molar-refractivity contribution in [1.29, 1.82) is 0 Å². The van der Waals surface area contributed by atoms with Crippen LogP contribution >= 0.6 is 0 Å². The molecule has 15 atom stereocenters. The van der Waals surface area contributed by atoms with E-state index in [9.17, 15) is 65.8 Å². The molecule has 12 N–H and O–H groups in total. The summed E-state index contributed by atoms with van der Waals surface area (Å²) < 4.78 is 26.7. The zero-order chi connectivity index (χ0) is 30.8. The third kappa shape index (κ3) is 7.12. The molecule has 0 saturated carbocycles. The molecule has 0 aromatic carbocycles. The van der Waals surface area contributed by atoms with Gasteiger partial charge in [-0.25, -0.2) is 4.79 Å². The predicted molar refractivity (Wildman–Crippen MR) is 124 cm³/mol. The summed E-state index contributed by atoms with van der Waals surface area (Å²) in [5, 5.41) is 114. The first-order valence-electron chi connectivity index (χ1n) is 12.6. The molecule has 0 aromatic heterocycles. The van der Waals surface area contributed by atoms with Crippen LogP contribution in [0, 0.1) is 0 Å². The fourth-order valence-electron chi connectivity index (χ4n) is 4.84. The van der Waals surface area contributed by atoms with Crippen LogP contribution in [0.2, 0.25) is 0 Å². The molecular formula is C22H37NO18. The minimum atomic E-state index is -2.97. The maximum atomic E-state index is 12.5. The molecule has 19 nitrogen and oxygen atoms in total. The minimum Gasteiger partial charge on any atom is -0.477 e. The molecule has 3 rings (SSSR count). The molecule has 41 heavy (non-hydrogen) atoms. The molecule has 3 aliphatic heterocycles. The lowest BCUT2D eigenvalue weighted by molar-refractivity contribution is -0.380. The van der Waals surface area contributed by atoms with Crippen molar-refractivity contribution >= 4 is 11.9 Å². The number of hydrogen-bond donors (Lipinski definition) is 12. The smallest absolute Gasteiger partial charge is 0.364 e. The lowest BCUT2D eigenvalue weighted by atomic mass is 9.88. The highest BCUT2D eigenvalue weighted by Crippen LogP contribution is 2.37. The average Bonchev–Trinajstić information content (AvgIpc) is 2.92. The van der Waals surface area contributed by atoms with E-state index in [4.69, 9.17) is 23.7 Å². The van der Waals surface area contributed by atoms with Crippen LogP contribution < -0.4 is 5.32 Å². The lowest BCUT2D eigenvalue weighted by Gasteiger charge is -2.50. The van der Waals surface area contributed by atoms with Gasteiger partial charge in [0.15, 0.2) is 12.6 Å². The second-order valence-electron chi connectivity index (χ2n) is 10.0. The molecule has 0 aliphatic carbocycles. The molecule has 19 heteroatoms. The van der Waals surface area contributed by atoms with E-state index < -0.39 is 130 Å². The van der Waals surface area contributed by atoms with E-state index in [1.165, 1.54) is 0 Å². The first-order chi connectivity index (χ1) is 19.2. The molecule has 0 aromatic rings. The van der Waals surface area contributed by atoms with Crippen molar-refractivity contribution in [2.75, 3.05) is 19.8 Å². The van der Waals surface area contributed by atoms with E-state index in [1.54, 1.807) is 0 Å². The maximum Gasteiger partial charge on any atom is 0.364 e. The van der Waals surface area contributed by atoms with Crippen molar-refractivity contribution in [3.63, 3.8) is 0 Å². The Morgan fingerprint density at radius 2 is 1.68 bits per heavy atom. The number of aliphatic carboxylic acids is 1. The SMILES string of the molecule is CC(=O)N[C@H]1[C@H]([C@H](O)[C@H](O)CO)O[C@@](O[C@H]2[C@@H](O)[C@@H](CO)O[C@@H](O[C@@H]3CO[C@@H](O)[C@H](O)[C@H]3O)[C@@H]2O)(C(=O)O)C[C@@H]1O. The van der Waals surface area contributed by atoms with Crippen LogP contribution in [0.5, 0.6) is 0 Å². The van der Waals surface area contributed by atoms with Crippen molar-refractivity contribution in [2.45, 2.75) is 105 Å². The van der Waals surface area contributed by atoms with Crippen LogP contribution in [0.1, 0.15) is 13.3 Å². The molecule has 1 amide bonds. The second kappa shape index (κ2) is 13.8. The number of carboxylic acids is 1. The molecule has 3 saturated heterocycles. The third-order valence-corrected chi connectivity index (χ3v) is 7.10. The van der Waals surface area contributed by atoms with Gasteiger partial charge in [0.1, 0.15) is 61.0 Å². The summed E-state index contributed by atoms with van der Waals surface area (Å²) >= 11 is 0. The molecule has 0 radical (unpaired) electrons. The average molecular weight is 604 g/mol. The van der Waals surface area contributed by atoms with E-state index in [0.29, 0.717) is 0 Å². The van der Waals surface area contributed by atoms with Gasteiger partial charge in [0.25, 0.3) is 5.79 Å². The summed E-state index contributed by atoms with van der Waals surface area (Å²) in [7, 11) is 0. The summed E-state index contributed by atoms with van der Waals surface area (Å²) in [5.74, 6) is -5.65. The van der Waals surface area contributed by atoms with Crippen LogP contribution in [-0.4, -0.2) is 179 Å². The van der Waals surface area contributed by atoms with Gasteiger partial charge in [-0.3, -0.25) is 4.79 Å². The highest BCUT2D eigenvalue weighted by Gasteiger charge is 2.59. The van der Waals surface area contributed by atoms with Gasteiger partial charge in [-0.2, -0.15) is 0 Å². The van der Waals surface area contributed by atoms with Crippen molar-refractivity contribution in [1.82, 2.24) is 5.32 Å². The van der Waals surface area contributed by atoms with Gasteiger partial charge in [0.05, 0.1) is 32.0 Å². The summed E-state index contributed by atoms with van der Waals surface area (Å²) in [6.07, 6.45) is -25.0. The normalized spacial score (nSPS) is 45.0. The van der Waals surface area contributed by atoms with Crippen molar-refractivity contribution < 1.29 is 89.4 Å². The molecule has 0 spiro atoms. The third-order valence-electron chi connectivity index (χ3n) is 7.10. The quantitative estimate of drug-likeness (QED) is 0.110. The number of nitrogens with one attached hydrogen (secondary N) is 1. The zero-order valence-corrected chi connectivity index (χ0v) is 21.7. The number of carboxylic acid groups (broad SMARTS) is 1. The molecule has 3 fully saturated rings. The Hall–Kier alpha value is -1.66. The highest BCUT2D eigenvalue weighted by molar-refractivity contribution is 5.76. The monoisotopic (exact) mass is 603 g/mol. The first-order valence-corrected chi connectivity index (χ1v) is 12.6. The zero-order valence-electron chi connectivity index (χ0n) is 21.7. The second-order valence-corrected chi connectivity index (χ2v) is 10.0. The summed E-state index contributed by atoms with van der Waals surface area (Å²) in [4.78, 5) is 24.2. The Kier molecular flexibility index (Phi) is 11.4. The standard InChI is InChI=1S/C22H37NO18/c1-6(26)23-11-7(27)2-22(21(35)36,40-17(11)12(29)8(28)3-24)41-18-14(31)9(4-25)38-20(16(18)33)39-10-5-37-19(34)15(32)13(10)30/h7-20,24-25,27-34H,2-5H2,1H3,(H,23,26)(H,35,36)/t7-,8+,9+,10+,11+,12+,13-,14-,15+,16+,17+,18-,19+,20-,22-/m0/s1. The summed E-state index contributed by atoms with van der Waals surface area (Å²) in [6.45, 7) is -1.40. The van der Waals surface area contributed by atoms with Gasteiger partial charge in [0, 0.05) is 13.3 Å². The van der Waals surface area contributed by atoms with Crippen LogP contribution in [0.4, 0.5) is 0 Å². The molecule has 238 valence electrons. The number of hydrogen-bond acceptors (Lipinski definition) is 17. The van der Waals surface area contributed by atoms with E-state index in [-0.39, 0.29) is 0 Å². The molecule has 3 aliphatic rings. The Morgan fingerprint density at radius 1 is 1.02 bits per heavy atom. The largest absolute Gasteiger partial charge is 0.477 e. The van der Waals surface area contributed by atoms with Gasteiger partial charge in [-0.1, -0.05) is 0 Å². The molecule has 0 unspecified atom stereocenters. The van der Waals surface area contributed by atoms with Gasteiger partial charge in [-0.15, -0.1) is 0 Å². The molecular weight excluding hydrogens is 566 g/mol. The van der Waals surface area contributed by atoms with E-state index >= 15 is 0 Å². The number of rotatable bonds is 10. The van der Waals surface area contributed by atoms with Gasteiger partial charge in [0.2, 0.25) is 5.91 Å². The Balaban J connectivity index is 1.91. The fraction of sp³-hybridized carbons (Fsp3) is 0.909. The minimum absolute atomic E-state index is 0.504. The summed E-state index contributed by atoms with van der Waals surface area (Å²) in [6, 6.07) is -1.51. The molecule has 0 bridgehead atoms. The predicted octanol–water partition coefficient (Wildman–Crippen LogP) is -7.58. The fourth-order valence-corrected chi connectivity index (χ4v) is 4.84. The van der Waals surface area contributed by atoms with Crippen LogP contribution in [0.25, 0.3) is 0 Å². The van der Waals surface area contributed by atoms with Crippen LogP contribution in [-0.2, 0) is 33.3 Å². The number of aliphatic hydroxyl groups is 10. The topological polar surface area (TPSA) is 315 Å². The van der Waals surface area contributed by atoms with Crippen molar-refractivity contribution in [2.24, 2.45) is 0 Å². The van der Waals surface area contributed by atoms with Gasteiger partial charge >= 0.3 is 5.97 Å². The Morgan fingerprint density at radius 3 is 2.24 bits per heavy atom. The Labute approximate surface area is 232 Å². The van der Waals surface area contributed by atoms with Crippen LogP contribution in [0.15, 0.2) is 0 Å². The first kappa shape index (κ1) is 33.8. The van der Waals surface area contributed by atoms with Crippen LogP contribution in [0.3, 0.4) is 0 Å². The Bertz CT molecular complexity index is 897. The highest BCUT2D eigenvalue weighted by atomic mass is 16.8. The number of ether oxygens (including phenoxy) is 5. The van der Waals surface area contributed by atoms with Crippen molar-refractivity contribution in [3.8, 4) is 0 Å². The van der Waals surface area contributed by atoms with Crippen molar-refractivity contribution in [3.05, 3.63) is 0 Å². The van der Waals surface area contributed by atoms with E-state index in [2.05, 4.69) is 5.32 Å². The maximum absolute atomic E-state index is 12.5. The number of aliphatic hydroxyl groups excluding tert-OH is 10. The number of amides is 1. The van der Waals surface area contributed by atoms with Gasteiger partial charge < -0.3 is 85.2 Å². The summed E-state index contributed by atoms with van der Waals surface area (Å²) in [5.41, 5.74) is 0. The molecule has 3 heterocycles. The van der Waals surface area contributed by atoms with E-state index in [1.807, 2.05) is 0 Å². The van der Waals surface area contributed by atoms with E-state index in [0.717, 1.165) is 6.92 Å².